The molecule has 0 atom stereocenters. The minimum absolute atomic E-state index is 0.684. The van der Waals surface area contributed by atoms with Crippen molar-refractivity contribution in [2.75, 3.05) is 17.6 Å². The van der Waals surface area contributed by atoms with E-state index in [2.05, 4.69) is 19.9 Å². The highest BCUT2D eigenvalue weighted by Crippen LogP contribution is 2.05. The van der Waals surface area contributed by atoms with Crippen molar-refractivity contribution in [2.45, 2.75) is 13.0 Å². The summed E-state index contributed by atoms with van der Waals surface area (Å²) in [6.07, 6.45) is 8.25. The van der Waals surface area contributed by atoms with Crippen LogP contribution < -0.4 is 11.1 Å². The van der Waals surface area contributed by atoms with E-state index in [1.807, 2.05) is 24.7 Å². The topological polar surface area (TPSA) is 68.8 Å². The fourth-order valence-corrected chi connectivity index (χ4v) is 1.41. The lowest BCUT2D eigenvalue weighted by molar-refractivity contribution is 0.660. The van der Waals surface area contributed by atoms with Crippen LogP contribution in [0.25, 0.3) is 0 Å². The van der Waals surface area contributed by atoms with Gasteiger partial charge in [0.2, 0.25) is 0 Å². The van der Waals surface area contributed by atoms with E-state index in [4.69, 9.17) is 5.73 Å². The van der Waals surface area contributed by atoms with Crippen LogP contribution in [-0.2, 0) is 6.54 Å². The second-order valence-electron chi connectivity index (χ2n) is 3.56. The van der Waals surface area contributed by atoms with Crippen LogP contribution in [0.3, 0.4) is 0 Å². The van der Waals surface area contributed by atoms with E-state index < -0.39 is 0 Å². The maximum atomic E-state index is 5.55. The Balaban J connectivity index is 1.70. The molecule has 0 aliphatic rings. The smallest absolute Gasteiger partial charge is 0.126 e. The number of hydrogen-bond acceptors (Lipinski definition) is 4. The Bertz CT molecular complexity index is 406. The number of hydrogen-bond donors (Lipinski definition) is 2. The third-order valence-corrected chi connectivity index (χ3v) is 2.24. The molecule has 0 aliphatic heterocycles. The van der Waals surface area contributed by atoms with E-state index in [0.717, 1.165) is 25.3 Å². The van der Waals surface area contributed by atoms with Crippen LogP contribution >= 0.6 is 0 Å². The second-order valence-corrected chi connectivity index (χ2v) is 3.56. The molecule has 84 valence electrons. The van der Waals surface area contributed by atoms with Gasteiger partial charge in [0.15, 0.2) is 0 Å². The molecule has 3 N–H and O–H groups in total. The zero-order valence-corrected chi connectivity index (χ0v) is 9.00. The molecule has 5 heteroatoms. The predicted octanol–water partition coefficient (Wildman–Crippen LogP) is 1.36. The standard InChI is InChI=1S/C11H15N5/c12-10-2-3-11(15-8-10)14-4-1-6-16-7-5-13-9-16/h2-3,5,7-9H,1,4,6,12H2,(H,14,15). The molecular weight excluding hydrogens is 202 g/mol. The van der Waals surface area contributed by atoms with E-state index >= 15 is 0 Å². The van der Waals surface area contributed by atoms with E-state index in [9.17, 15) is 0 Å². The molecule has 0 amide bonds. The molecule has 0 saturated carbocycles. The van der Waals surface area contributed by atoms with Crippen molar-refractivity contribution in [1.82, 2.24) is 14.5 Å². The average molecular weight is 217 g/mol. The first-order valence-electron chi connectivity index (χ1n) is 5.26. The number of nitrogen functional groups attached to an aromatic ring is 1. The number of nitrogens with one attached hydrogen (secondary N) is 1. The zero-order chi connectivity index (χ0) is 11.2. The van der Waals surface area contributed by atoms with Crippen LogP contribution in [0.5, 0.6) is 0 Å². The minimum atomic E-state index is 0.684. The van der Waals surface area contributed by atoms with Crippen molar-refractivity contribution in [3.63, 3.8) is 0 Å². The highest BCUT2D eigenvalue weighted by molar-refractivity contribution is 5.43. The maximum absolute atomic E-state index is 5.55. The van der Waals surface area contributed by atoms with Crippen molar-refractivity contribution < 1.29 is 0 Å². The van der Waals surface area contributed by atoms with Gasteiger partial charge in [-0.1, -0.05) is 0 Å². The number of imidazole rings is 1. The SMILES string of the molecule is Nc1ccc(NCCCn2ccnc2)nc1. The molecule has 16 heavy (non-hydrogen) atoms. The molecule has 0 unspecified atom stereocenters. The summed E-state index contributed by atoms with van der Waals surface area (Å²) < 4.78 is 2.05. The average Bonchev–Trinajstić information content (AvgIpc) is 2.80. The van der Waals surface area contributed by atoms with Gasteiger partial charge in [0.1, 0.15) is 5.82 Å². The van der Waals surface area contributed by atoms with Crippen molar-refractivity contribution in [3.8, 4) is 0 Å². The fourth-order valence-electron chi connectivity index (χ4n) is 1.41. The first kappa shape index (κ1) is 10.5. The number of pyridine rings is 1. The molecule has 5 nitrogen and oxygen atoms in total. The van der Waals surface area contributed by atoms with Crippen molar-refractivity contribution >= 4 is 11.5 Å². The van der Waals surface area contributed by atoms with Crippen LogP contribution in [0, 0.1) is 0 Å². The summed E-state index contributed by atoms with van der Waals surface area (Å²) in [5, 5.41) is 3.23. The summed E-state index contributed by atoms with van der Waals surface area (Å²) in [5.41, 5.74) is 6.23. The summed E-state index contributed by atoms with van der Waals surface area (Å²) >= 11 is 0. The van der Waals surface area contributed by atoms with E-state index in [-0.39, 0.29) is 0 Å². The summed E-state index contributed by atoms with van der Waals surface area (Å²) in [6, 6.07) is 3.72. The molecule has 0 spiro atoms. The molecule has 0 bridgehead atoms. The molecule has 0 saturated heterocycles. The Morgan fingerprint density at radius 3 is 3.00 bits per heavy atom. The zero-order valence-electron chi connectivity index (χ0n) is 9.00. The normalized spacial score (nSPS) is 10.2. The Kier molecular flexibility index (Phi) is 3.38. The number of anilines is 2. The van der Waals surface area contributed by atoms with Crippen molar-refractivity contribution in [3.05, 3.63) is 37.1 Å². The monoisotopic (exact) mass is 217 g/mol. The van der Waals surface area contributed by atoms with Crippen LogP contribution in [0.2, 0.25) is 0 Å². The minimum Gasteiger partial charge on any atom is -0.397 e. The quantitative estimate of drug-likeness (QED) is 0.742. The first-order valence-corrected chi connectivity index (χ1v) is 5.26. The highest BCUT2D eigenvalue weighted by atomic mass is 15.0. The van der Waals surface area contributed by atoms with Crippen molar-refractivity contribution in [1.29, 1.82) is 0 Å². The van der Waals surface area contributed by atoms with Gasteiger partial charge < -0.3 is 15.6 Å². The number of nitrogens with zero attached hydrogens (tertiary/aromatic N) is 3. The van der Waals surface area contributed by atoms with Crippen LogP contribution in [0.1, 0.15) is 6.42 Å². The lowest BCUT2D eigenvalue weighted by atomic mass is 10.4. The number of nitrogens with two attached hydrogens (primary N) is 1. The van der Waals surface area contributed by atoms with Gasteiger partial charge in [-0.25, -0.2) is 9.97 Å². The largest absolute Gasteiger partial charge is 0.397 e. The van der Waals surface area contributed by atoms with Gasteiger partial charge in [0.25, 0.3) is 0 Å². The van der Waals surface area contributed by atoms with Gasteiger partial charge in [0.05, 0.1) is 18.2 Å². The summed E-state index contributed by atoms with van der Waals surface area (Å²) in [6.45, 7) is 1.84. The van der Waals surface area contributed by atoms with Crippen LogP contribution in [0.15, 0.2) is 37.1 Å². The molecule has 0 aromatic carbocycles. The number of aryl methyl sites for hydroxylation is 1. The van der Waals surface area contributed by atoms with Gasteiger partial charge in [-0.3, -0.25) is 0 Å². The van der Waals surface area contributed by atoms with Crippen LogP contribution in [0.4, 0.5) is 11.5 Å². The van der Waals surface area contributed by atoms with E-state index in [1.54, 1.807) is 12.4 Å². The second kappa shape index (κ2) is 5.16. The van der Waals surface area contributed by atoms with Gasteiger partial charge >= 0.3 is 0 Å². The number of rotatable bonds is 5. The highest BCUT2D eigenvalue weighted by Gasteiger charge is 1.93. The molecule has 0 aliphatic carbocycles. The Hall–Kier alpha value is -2.04. The van der Waals surface area contributed by atoms with Gasteiger partial charge in [-0.15, -0.1) is 0 Å². The van der Waals surface area contributed by atoms with E-state index in [0.29, 0.717) is 5.69 Å². The third-order valence-electron chi connectivity index (χ3n) is 2.24. The van der Waals surface area contributed by atoms with Crippen molar-refractivity contribution in [2.24, 2.45) is 0 Å². The lowest BCUT2D eigenvalue weighted by Gasteiger charge is -2.05. The predicted molar refractivity (Wildman–Crippen MR) is 64.0 cm³/mol. The maximum Gasteiger partial charge on any atom is 0.126 e. The Morgan fingerprint density at radius 2 is 2.31 bits per heavy atom. The summed E-state index contributed by atoms with van der Waals surface area (Å²) in [7, 11) is 0. The fraction of sp³-hybridized carbons (Fsp3) is 0.273. The molecule has 2 aromatic heterocycles. The molecular formula is C11H15N5. The van der Waals surface area contributed by atoms with Crippen LogP contribution in [-0.4, -0.2) is 21.1 Å². The summed E-state index contributed by atoms with van der Waals surface area (Å²) in [5.74, 6) is 0.861. The molecule has 0 fully saturated rings. The van der Waals surface area contributed by atoms with Gasteiger partial charge in [0, 0.05) is 25.5 Å². The molecule has 2 aromatic rings. The lowest BCUT2D eigenvalue weighted by Crippen LogP contribution is -2.06. The molecule has 0 radical (unpaired) electrons. The molecule has 2 rings (SSSR count). The van der Waals surface area contributed by atoms with E-state index in [1.165, 1.54) is 0 Å². The first-order chi connectivity index (χ1) is 7.84. The van der Waals surface area contributed by atoms with Gasteiger partial charge in [-0.2, -0.15) is 0 Å². The Labute approximate surface area is 94.3 Å². The van der Waals surface area contributed by atoms with Gasteiger partial charge in [-0.05, 0) is 18.6 Å². The molecule has 2 heterocycles. The Morgan fingerprint density at radius 1 is 1.38 bits per heavy atom. The third kappa shape index (κ3) is 2.98. The number of aromatic nitrogens is 3. The summed E-state index contributed by atoms with van der Waals surface area (Å²) in [4.78, 5) is 8.14.